The topological polar surface area (TPSA) is 84.5 Å². The van der Waals surface area contributed by atoms with E-state index in [4.69, 9.17) is 0 Å². The van der Waals surface area contributed by atoms with Crippen molar-refractivity contribution < 1.29 is 9.59 Å². The van der Waals surface area contributed by atoms with Crippen molar-refractivity contribution in [1.29, 1.82) is 0 Å². The number of amides is 2. The molecule has 9 heteroatoms. The Balaban J connectivity index is 1.36. The van der Waals surface area contributed by atoms with Gasteiger partial charge in [0.2, 0.25) is 17.6 Å². The zero-order valence-corrected chi connectivity index (χ0v) is 20.9. The van der Waals surface area contributed by atoms with Crippen molar-refractivity contribution in [2.75, 3.05) is 5.75 Å². The lowest BCUT2D eigenvalue weighted by Gasteiger charge is -2.39. The Hall–Kier alpha value is -2.55. The van der Waals surface area contributed by atoms with Crippen molar-refractivity contribution in [2.45, 2.75) is 95.0 Å². The molecule has 1 saturated heterocycles. The van der Waals surface area contributed by atoms with E-state index >= 15 is 0 Å². The molecule has 1 aromatic carbocycles. The summed E-state index contributed by atoms with van der Waals surface area (Å²) in [5.74, 6) is 1.12. The normalized spacial score (nSPS) is 21.9. The molecule has 0 radical (unpaired) electrons. The van der Waals surface area contributed by atoms with Gasteiger partial charge in [0.25, 0.3) is 0 Å². The first-order valence-corrected chi connectivity index (χ1v) is 13.6. The average molecular weight is 483 g/mol. The zero-order chi connectivity index (χ0) is 23.7. The molecule has 2 fully saturated rings. The summed E-state index contributed by atoms with van der Waals surface area (Å²) in [6.07, 6.45) is 9.04. The number of para-hydroxylation sites is 2. The quantitative estimate of drug-likeness (QED) is 0.537. The van der Waals surface area contributed by atoms with E-state index in [9.17, 15) is 9.59 Å². The van der Waals surface area contributed by atoms with Gasteiger partial charge in [-0.15, -0.1) is 10.2 Å². The first-order valence-electron chi connectivity index (χ1n) is 12.6. The summed E-state index contributed by atoms with van der Waals surface area (Å²) >= 11 is 1.42. The van der Waals surface area contributed by atoms with Gasteiger partial charge in [0.1, 0.15) is 6.54 Å². The molecule has 2 aliphatic rings. The number of thioether (sulfide) groups is 1. The number of rotatable bonds is 6. The molecular weight excluding hydrogens is 448 g/mol. The molecule has 1 N–H and O–H groups in total. The maximum Gasteiger partial charge on any atom is 0.240 e. The summed E-state index contributed by atoms with van der Waals surface area (Å²) in [6, 6.07) is 8.80. The maximum atomic E-state index is 13.0. The van der Waals surface area contributed by atoms with Crippen LogP contribution in [0.2, 0.25) is 0 Å². The van der Waals surface area contributed by atoms with E-state index in [1.54, 1.807) is 0 Å². The second-order valence-corrected chi connectivity index (χ2v) is 10.8. The van der Waals surface area contributed by atoms with Crippen LogP contribution in [0.15, 0.2) is 29.4 Å². The lowest BCUT2D eigenvalue weighted by molar-refractivity contribution is -0.134. The predicted molar refractivity (Wildman–Crippen MR) is 134 cm³/mol. The number of benzene rings is 1. The van der Waals surface area contributed by atoms with E-state index in [0.29, 0.717) is 16.7 Å². The highest BCUT2D eigenvalue weighted by Gasteiger charge is 2.29. The first kappa shape index (κ1) is 23.2. The van der Waals surface area contributed by atoms with E-state index in [2.05, 4.69) is 29.4 Å². The van der Waals surface area contributed by atoms with Gasteiger partial charge in [-0.2, -0.15) is 0 Å². The van der Waals surface area contributed by atoms with Gasteiger partial charge in [0.15, 0.2) is 5.16 Å². The minimum atomic E-state index is 0.00982. The standard InChI is InChI=1S/C25H34N6O2S/c1-17-9-8-10-18(2)30(17)23(33)16-34-25-28-27-24-29(20-13-6-7-14-21(20)31(24)25)15-22(32)26-19-11-4-3-5-12-19/h6-7,13-14,17-19H,3-5,8-12,15-16H2,1-2H3,(H,26,32)/t17-,18+. The van der Waals surface area contributed by atoms with Crippen molar-refractivity contribution >= 4 is 40.4 Å². The van der Waals surface area contributed by atoms with Crippen LogP contribution in [0.1, 0.15) is 65.2 Å². The number of aromatic nitrogens is 4. The third-order valence-electron chi connectivity index (χ3n) is 7.35. The van der Waals surface area contributed by atoms with Gasteiger partial charge in [-0.1, -0.05) is 43.2 Å². The van der Waals surface area contributed by atoms with Crippen LogP contribution in [0.25, 0.3) is 16.8 Å². The third-order valence-corrected chi connectivity index (χ3v) is 8.26. The van der Waals surface area contributed by atoms with Crippen LogP contribution in [0.5, 0.6) is 0 Å². The Bertz CT molecular complexity index is 1170. The number of piperidine rings is 1. The molecular formula is C25H34N6O2S. The molecule has 2 atom stereocenters. The van der Waals surface area contributed by atoms with Gasteiger partial charge in [-0.3, -0.25) is 18.6 Å². The van der Waals surface area contributed by atoms with Crippen LogP contribution in [0.4, 0.5) is 0 Å². The minimum absolute atomic E-state index is 0.00982. The van der Waals surface area contributed by atoms with Gasteiger partial charge >= 0.3 is 0 Å². The monoisotopic (exact) mass is 482 g/mol. The van der Waals surface area contributed by atoms with Crippen molar-refractivity contribution in [3.05, 3.63) is 24.3 Å². The smallest absolute Gasteiger partial charge is 0.240 e. The van der Waals surface area contributed by atoms with Gasteiger partial charge in [0, 0.05) is 18.1 Å². The van der Waals surface area contributed by atoms with Crippen LogP contribution >= 0.6 is 11.8 Å². The highest BCUT2D eigenvalue weighted by atomic mass is 32.2. The Kier molecular flexibility index (Phi) is 6.81. The molecule has 2 amide bonds. The number of carbonyl (C=O) groups excluding carboxylic acids is 2. The van der Waals surface area contributed by atoms with Gasteiger partial charge in [-0.25, -0.2) is 0 Å². The molecule has 3 aromatic rings. The average Bonchev–Trinajstić information content (AvgIpc) is 3.37. The summed E-state index contributed by atoms with van der Waals surface area (Å²) in [5.41, 5.74) is 1.89. The minimum Gasteiger partial charge on any atom is -0.352 e. The number of fused-ring (bicyclic) bond motifs is 3. The highest BCUT2D eigenvalue weighted by molar-refractivity contribution is 7.99. The van der Waals surface area contributed by atoms with Crippen molar-refractivity contribution in [2.24, 2.45) is 0 Å². The molecule has 0 unspecified atom stereocenters. The predicted octanol–water partition coefficient (Wildman–Crippen LogP) is 4.01. The number of hydrogen-bond acceptors (Lipinski definition) is 5. The molecule has 0 spiro atoms. The Morgan fingerprint density at radius 3 is 2.41 bits per heavy atom. The van der Waals surface area contributed by atoms with Crippen LogP contribution in [-0.4, -0.2) is 59.8 Å². The summed E-state index contributed by atoms with van der Waals surface area (Å²) in [5, 5.41) is 12.7. The largest absolute Gasteiger partial charge is 0.352 e. The van der Waals surface area contributed by atoms with Crippen molar-refractivity contribution in [1.82, 2.24) is 29.4 Å². The summed E-state index contributed by atoms with van der Waals surface area (Å²) in [7, 11) is 0. The van der Waals surface area contributed by atoms with Gasteiger partial charge < -0.3 is 10.2 Å². The second-order valence-electron chi connectivity index (χ2n) is 9.81. The lowest BCUT2D eigenvalue weighted by Crippen LogP contribution is -2.48. The number of nitrogens with zero attached hydrogens (tertiary/aromatic N) is 5. The fourth-order valence-corrected chi connectivity index (χ4v) is 6.47. The number of carbonyl (C=O) groups is 2. The maximum absolute atomic E-state index is 13.0. The Morgan fingerprint density at radius 1 is 0.971 bits per heavy atom. The molecule has 8 nitrogen and oxygen atoms in total. The molecule has 34 heavy (non-hydrogen) atoms. The van der Waals surface area contributed by atoms with E-state index in [0.717, 1.165) is 36.7 Å². The van der Waals surface area contributed by atoms with Crippen LogP contribution in [0.3, 0.4) is 0 Å². The zero-order valence-electron chi connectivity index (χ0n) is 20.1. The molecule has 182 valence electrons. The molecule has 5 rings (SSSR count). The van der Waals surface area contributed by atoms with E-state index < -0.39 is 0 Å². The molecule has 1 aliphatic carbocycles. The molecule has 1 saturated carbocycles. The Morgan fingerprint density at radius 2 is 1.68 bits per heavy atom. The van der Waals surface area contributed by atoms with E-state index in [-0.39, 0.29) is 36.5 Å². The van der Waals surface area contributed by atoms with E-state index in [1.807, 2.05) is 38.1 Å². The van der Waals surface area contributed by atoms with Crippen molar-refractivity contribution in [3.8, 4) is 0 Å². The second kappa shape index (κ2) is 9.98. The number of hydrogen-bond donors (Lipinski definition) is 1. The summed E-state index contributed by atoms with van der Waals surface area (Å²) < 4.78 is 3.91. The number of likely N-dealkylation sites (tertiary alicyclic amines) is 1. The van der Waals surface area contributed by atoms with Crippen LogP contribution in [0, 0.1) is 0 Å². The summed E-state index contributed by atoms with van der Waals surface area (Å²) in [6.45, 7) is 4.48. The molecule has 1 aliphatic heterocycles. The summed E-state index contributed by atoms with van der Waals surface area (Å²) in [4.78, 5) is 28.0. The fraction of sp³-hybridized carbons (Fsp3) is 0.600. The highest BCUT2D eigenvalue weighted by Crippen LogP contribution is 2.28. The van der Waals surface area contributed by atoms with Gasteiger partial charge in [0.05, 0.1) is 16.8 Å². The molecule has 3 heterocycles. The number of imidazole rings is 1. The van der Waals surface area contributed by atoms with Crippen LogP contribution in [-0.2, 0) is 16.1 Å². The Labute approximate surface area is 204 Å². The molecule has 2 aromatic heterocycles. The first-order chi connectivity index (χ1) is 16.5. The molecule has 0 bridgehead atoms. The van der Waals surface area contributed by atoms with Crippen molar-refractivity contribution in [3.63, 3.8) is 0 Å². The van der Waals surface area contributed by atoms with E-state index in [1.165, 1.54) is 37.4 Å². The van der Waals surface area contributed by atoms with Crippen LogP contribution < -0.4 is 5.32 Å². The third kappa shape index (κ3) is 4.54. The lowest BCUT2D eigenvalue weighted by atomic mass is 9.95. The number of nitrogens with one attached hydrogen (secondary N) is 1. The fourth-order valence-electron chi connectivity index (χ4n) is 5.66. The van der Waals surface area contributed by atoms with Gasteiger partial charge in [-0.05, 0) is 58.1 Å². The SMILES string of the molecule is C[C@@H]1CCC[C@H](C)N1C(=O)CSc1nnc2n(CC(=O)NC3CCCCC3)c3ccccc3n12.